The van der Waals surface area contributed by atoms with Gasteiger partial charge in [0.2, 0.25) is 0 Å². The van der Waals surface area contributed by atoms with Crippen molar-refractivity contribution in [2.75, 3.05) is 0 Å². The molecular formula is C39H60Y-2. The van der Waals surface area contributed by atoms with Gasteiger partial charge >= 0.3 is 0 Å². The van der Waals surface area contributed by atoms with Crippen molar-refractivity contribution in [1.29, 1.82) is 0 Å². The third-order valence-corrected chi connectivity index (χ3v) is 6.12. The van der Waals surface area contributed by atoms with Crippen LogP contribution in [-0.2, 0) is 50.0 Å². The number of hydrogen-bond acceptors (Lipinski definition) is 0. The van der Waals surface area contributed by atoms with E-state index in [-0.39, 0.29) is 53.0 Å². The molecule has 0 nitrogen and oxygen atoms in total. The first-order valence-electron chi connectivity index (χ1n) is 14.3. The molecule has 0 fully saturated rings. The fraction of sp³-hybridized carbons (Fsp3) is 0.436. The summed E-state index contributed by atoms with van der Waals surface area (Å²) in [4.78, 5) is 0. The monoisotopic (exact) mass is 617 g/mol. The number of benzene rings is 4. The van der Waals surface area contributed by atoms with Crippen molar-refractivity contribution in [3.05, 3.63) is 119 Å². The molecule has 0 bridgehead atoms. The second-order valence-electron chi connectivity index (χ2n) is 9.06. The maximum absolute atomic E-state index is 3.29. The van der Waals surface area contributed by atoms with Crippen LogP contribution in [-0.4, -0.2) is 0 Å². The Balaban J connectivity index is -0.000000245. The van der Waals surface area contributed by atoms with Crippen LogP contribution in [0.25, 0.3) is 10.8 Å². The van der Waals surface area contributed by atoms with Crippen LogP contribution in [0, 0.1) is 12.1 Å². The summed E-state index contributed by atoms with van der Waals surface area (Å²) in [5, 5.41) is 2.89. The summed E-state index contributed by atoms with van der Waals surface area (Å²) in [5.74, 6) is 0. The van der Waals surface area contributed by atoms with Crippen molar-refractivity contribution in [2.45, 2.75) is 115 Å². The van der Waals surface area contributed by atoms with Gasteiger partial charge in [-0.15, -0.1) is 0 Å². The second-order valence-corrected chi connectivity index (χ2v) is 9.06. The molecule has 0 saturated carbocycles. The largest absolute Gasteiger partial charge is 0.180 e. The zero-order valence-electron chi connectivity index (χ0n) is 26.4. The van der Waals surface area contributed by atoms with E-state index in [1.165, 1.54) is 39.4 Å². The Morgan fingerprint density at radius 1 is 0.600 bits per heavy atom. The van der Waals surface area contributed by atoms with Gasteiger partial charge in [0, 0.05) is 32.7 Å². The van der Waals surface area contributed by atoms with Crippen molar-refractivity contribution < 1.29 is 32.7 Å². The van der Waals surface area contributed by atoms with Crippen molar-refractivity contribution >= 4 is 10.8 Å². The van der Waals surface area contributed by atoms with Gasteiger partial charge in [0.1, 0.15) is 0 Å². The molecular weight excluding hydrogens is 557 g/mol. The summed E-state index contributed by atoms with van der Waals surface area (Å²) in [5.41, 5.74) is 5.74. The summed E-state index contributed by atoms with van der Waals surface area (Å²) in [6.45, 7) is 25.1. The molecule has 1 aliphatic carbocycles. The molecule has 0 unspecified atom stereocenters. The van der Waals surface area contributed by atoms with Crippen LogP contribution in [0.4, 0.5) is 0 Å². The zero-order chi connectivity index (χ0) is 28.5. The van der Waals surface area contributed by atoms with E-state index in [0.29, 0.717) is 5.41 Å². The summed E-state index contributed by atoms with van der Waals surface area (Å²) < 4.78 is 0. The van der Waals surface area contributed by atoms with Gasteiger partial charge in [0.25, 0.3) is 0 Å². The van der Waals surface area contributed by atoms with Gasteiger partial charge in [0.15, 0.2) is 0 Å². The number of hydrogen-bond donors (Lipinski definition) is 0. The molecule has 0 N–H and O–H groups in total. The van der Waals surface area contributed by atoms with Crippen LogP contribution < -0.4 is 0 Å². The molecule has 4 aromatic carbocycles. The maximum atomic E-state index is 3.29. The van der Waals surface area contributed by atoms with Crippen LogP contribution in [0.1, 0.15) is 120 Å². The Labute approximate surface area is 276 Å². The average molecular weight is 618 g/mol. The maximum Gasteiger partial charge on any atom is 0 e. The minimum atomic E-state index is -0.0253. The molecule has 0 saturated heterocycles. The van der Waals surface area contributed by atoms with Gasteiger partial charge in [-0.1, -0.05) is 134 Å². The van der Waals surface area contributed by atoms with Crippen LogP contribution in [0.15, 0.2) is 84.9 Å². The molecule has 0 aliphatic heterocycles. The average Bonchev–Trinajstić information content (AvgIpc) is 3.25. The summed E-state index contributed by atoms with van der Waals surface area (Å²) in [6.07, 6.45) is 1.18. The van der Waals surface area contributed by atoms with Gasteiger partial charge in [0.05, 0.1) is 0 Å². The van der Waals surface area contributed by atoms with Gasteiger partial charge in [-0.3, -0.25) is 0 Å². The summed E-state index contributed by atoms with van der Waals surface area (Å²) in [7, 11) is 0. The van der Waals surface area contributed by atoms with E-state index in [0.717, 1.165) is 0 Å². The Morgan fingerprint density at radius 3 is 1.43 bits per heavy atom. The van der Waals surface area contributed by atoms with Gasteiger partial charge in [-0.05, 0) is 39.2 Å². The molecule has 0 heterocycles. The first kappa shape index (κ1) is 45.2. The van der Waals surface area contributed by atoms with Gasteiger partial charge < -0.3 is 0 Å². The molecule has 1 aliphatic rings. The van der Waals surface area contributed by atoms with Crippen molar-refractivity contribution in [2.24, 2.45) is 0 Å². The molecule has 1 heteroatoms. The smallest absolute Gasteiger partial charge is 0 e. The quantitative estimate of drug-likeness (QED) is 0.196. The molecule has 0 atom stereocenters. The SMILES string of the molecule is C.C.CC.CC.CC.CC.CC(C)(c1[c-]cccc1)c1[c-]cccc1.CC1(C)Cc2cccc3cccc1c23.[Y]. The van der Waals surface area contributed by atoms with E-state index in [1.54, 1.807) is 0 Å². The van der Waals surface area contributed by atoms with E-state index in [2.05, 4.69) is 100 Å². The molecule has 4 aromatic rings. The van der Waals surface area contributed by atoms with E-state index in [1.807, 2.05) is 79.7 Å². The van der Waals surface area contributed by atoms with Crippen LogP contribution in [0.2, 0.25) is 0 Å². The third kappa shape index (κ3) is 12.0. The molecule has 5 rings (SSSR count). The van der Waals surface area contributed by atoms with Gasteiger partial charge in [-0.25, -0.2) is 0 Å². The zero-order valence-corrected chi connectivity index (χ0v) is 29.2. The predicted molar refractivity (Wildman–Crippen MR) is 182 cm³/mol. The van der Waals surface area contributed by atoms with Crippen molar-refractivity contribution in [3.8, 4) is 0 Å². The van der Waals surface area contributed by atoms with E-state index < -0.39 is 0 Å². The second kappa shape index (κ2) is 23.9. The molecule has 0 aromatic heterocycles. The Morgan fingerprint density at radius 2 is 1.02 bits per heavy atom. The Bertz CT molecular complexity index is 1060. The fourth-order valence-electron chi connectivity index (χ4n) is 4.41. The van der Waals surface area contributed by atoms with E-state index in [9.17, 15) is 0 Å². The fourth-order valence-corrected chi connectivity index (χ4v) is 4.41. The first-order valence-corrected chi connectivity index (χ1v) is 14.3. The number of rotatable bonds is 2. The molecule has 1 radical (unpaired) electrons. The minimum Gasteiger partial charge on any atom is -0.180 e. The van der Waals surface area contributed by atoms with Crippen LogP contribution in [0.5, 0.6) is 0 Å². The van der Waals surface area contributed by atoms with Crippen LogP contribution >= 0.6 is 0 Å². The summed E-state index contributed by atoms with van der Waals surface area (Å²) in [6, 6.07) is 36.1. The predicted octanol–water partition coefficient (Wildman–Crippen LogP) is 12.7. The van der Waals surface area contributed by atoms with Gasteiger partial charge in [-0.2, -0.15) is 71.8 Å². The molecule has 221 valence electrons. The van der Waals surface area contributed by atoms with Crippen LogP contribution in [0.3, 0.4) is 0 Å². The van der Waals surface area contributed by atoms with E-state index >= 15 is 0 Å². The minimum absolute atomic E-state index is 0. The molecule has 0 spiro atoms. The normalized spacial score (nSPS) is 11.0. The standard InChI is InChI=1S/C15H14.C14H14.4C2H6.2CH4.Y/c1-15(2,13-9-5-3-6-10-13)14-11-7-4-8-12-14;1-14(2)9-11-7-3-5-10-6-4-8-12(14)13(10)11;4*1-2;;;/h3-9,11H,1-2H3;3-8H,9H2,1-2H3;4*1-2H3;2*1H4;/q-2;;;;;;;;. The van der Waals surface area contributed by atoms with Crippen molar-refractivity contribution in [3.63, 3.8) is 0 Å². The van der Waals surface area contributed by atoms with E-state index in [4.69, 9.17) is 0 Å². The summed E-state index contributed by atoms with van der Waals surface area (Å²) >= 11 is 0. The Kier molecular flexibility index (Phi) is 27.0. The topological polar surface area (TPSA) is 0 Å². The third-order valence-electron chi connectivity index (χ3n) is 6.12. The Hall–Kier alpha value is -1.76. The first-order chi connectivity index (χ1) is 17.9. The molecule has 40 heavy (non-hydrogen) atoms. The molecule has 0 amide bonds. The van der Waals surface area contributed by atoms with Crippen molar-refractivity contribution in [1.82, 2.24) is 0 Å².